The Morgan fingerprint density at radius 2 is 1.35 bits per heavy atom. The topological polar surface area (TPSA) is 163 Å². The van der Waals surface area contributed by atoms with Crippen molar-refractivity contribution in [1.82, 2.24) is 5.32 Å². The number of non-ortho nitro benzene ring substituents is 1. The molecule has 1 N–H and O–H groups in total. The van der Waals surface area contributed by atoms with Gasteiger partial charge in [-0.2, -0.15) is 0 Å². The number of nitro benzene ring substituents is 3. The number of nitrogens with zero attached hydrogens (tertiary/aromatic N) is 4. The zero-order valence-corrected chi connectivity index (χ0v) is 17.0. The molecule has 0 spiro atoms. The van der Waals surface area contributed by atoms with Crippen molar-refractivity contribution in [3.63, 3.8) is 0 Å². The lowest BCUT2D eigenvalue weighted by atomic mass is 9.95. The largest absolute Gasteiger partial charge is 0.411 e. The molecule has 1 aromatic rings. The molecule has 31 heavy (non-hydrogen) atoms. The molecule has 0 heterocycles. The molecule has 0 amide bonds. The molecular weight excluding hydrogens is 410 g/mol. The fourth-order valence-corrected chi connectivity index (χ4v) is 4.05. The molecule has 2 aliphatic rings. The highest BCUT2D eigenvalue weighted by molar-refractivity contribution is 5.80. The van der Waals surface area contributed by atoms with Gasteiger partial charge in [0.1, 0.15) is 0 Å². The smallest absolute Gasteiger partial charge is 0.325 e. The van der Waals surface area contributed by atoms with E-state index in [1.165, 1.54) is 0 Å². The van der Waals surface area contributed by atoms with Crippen molar-refractivity contribution in [1.29, 1.82) is 0 Å². The quantitative estimate of drug-likeness (QED) is 0.297. The van der Waals surface area contributed by atoms with E-state index in [4.69, 9.17) is 4.74 Å². The molecule has 0 aromatic heterocycles. The molecule has 0 bridgehead atoms. The van der Waals surface area contributed by atoms with Crippen molar-refractivity contribution in [3.8, 4) is 5.75 Å². The zero-order valence-electron chi connectivity index (χ0n) is 17.0. The lowest BCUT2D eigenvalue weighted by molar-refractivity contribution is -0.404. The van der Waals surface area contributed by atoms with Crippen LogP contribution in [0.3, 0.4) is 0 Å². The Labute approximate surface area is 178 Å². The first-order valence-corrected chi connectivity index (χ1v) is 10.5. The van der Waals surface area contributed by atoms with Gasteiger partial charge in [0, 0.05) is 6.04 Å². The van der Waals surface area contributed by atoms with Gasteiger partial charge in [-0.05, 0) is 25.7 Å². The maximum absolute atomic E-state index is 11.6. The molecular formula is C19H25N5O7. The molecule has 1 aromatic carbocycles. The molecule has 0 aliphatic heterocycles. The Morgan fingerprint density at radius 1 is 0.839 bits per heavy atom. The Bertz CT molecular complexity index is 841. The molecule has 2 fully saturated rings. The predicted molar refractivity (Wildman–Crippen MR) is 111 cm³/mol. The maximum atomic E-state index is 11.6. The third-order valence-corrected chi connectivity index (χ3v) is 5.64. The minimum atomic E-state index is -0.922. The van der Waals surface area contributed by atoms with Crippen molar-refractivity contribution in [2.45, 2.75) is 76.3 Å². The Balaban J connectivity index is 1.99. The van der Waals surface area contributed by atoms with Crippen LogP contribution >= 0.6 is 0 Å². The van der Waals surface area contributed by atoms with Gasteiger partial charge in [-0.3, -0.25) is 30.3 Å². The first-order valence-electron chi connectivity index (χ1n) is 10.5. The zero-order chi connectivity index (χ0) is 22.4. The average Bonchev–Trinajstić information content (AvgIpc) is 2.74. The molecule has 0 radical (unpaired) electrons. The van der Waals surface area contributed by atoms with E-state index in [1.807, 2.05) is 0 Å². The van der Waals surface area contributed by atoms with E-state index in [0.717, 1.165) is 64.2 Å². The summed E-state index contributed by atoms with van der Waals surface area (Å²) in [4.78, 5) is 36.0. The van der Waals surface area contributed by atoms with E-state index < -0.39 is 37.6 Å². The van der Waals surface area contributed by atoms with Crippen molar-refractivity contribution >= 4 is 23.1 Å². The molecule has 3 rings (SSSR count). The number of nitro groups is 3. The second-order valence-electron chi connectivity index (χ2n) is 7.89. The minimum Gasteiger partial charge on any atom is -0.411 e. The summed E-state index contributed by atoms with van der Waals surface area (Å²) in [5, 5.41) is 37.4. The summed E-state index contributed by atoms with van der Waals surface area (Å²) in [6.07, 6.45) is 9.69. The van der Waals surface area contributed by atoms with Gasteiger partial charge < -0.3 is 10.1 Å². The second-order valence-corrected chi connectivity index (χ2v) is 7.89. The van der Waals surface area contributed by atoms with Crippen molar-refractivity contribution in [3.05, 3.63) is 42.5 Å². The van der Waals surface area contributed by atoms with E-state index in [1.54, 1.807) is 0 Å². The van der Waals surface area contributed by atoms with E-state index >= 15 is 0 Å². The molecule has 0 atom stereocenters. The normalized spacial score (nSPS) is 18.4. The lowest BCUT2D eigenvalue weighted by Gasteiger charge is -2.25. The van der Waals surface area contributed by atoms with Crippen molar-refractivity contribution in [2.24, 2.45) is 4.99 Å². The molecule has 2 aliphatic carbocycles. The van der Waals surface area contributed by atoms with Crippen LogP contribution in [0.1, 0.15) is 64.2 Å². The van der Waals surface area contributed by atoms with Gasteiger partial charge in [-0.1, -0.05) is 38.5 Å². The Hall–Kier alpha value is -3.31. The average molecular weight is 435 g/mol. The van der Waals surface area contributed by atoms with Crippen LogP contribution in [0.15, 0.2) is 17.1 Å². The minimum absolute atomic E-state index is 0.00106. The van der Waals surface area contributed by atoms with E-state index in [0.29, 0.717) is 12.1 Å². The number of aliphatic imine (C=N–C) groups is 1. The Morgan fingerprint density at radius 3 is 1.84 bits per heavy atom. The van der Waals surface area contributed by atoms with Gasteiger partial charge >= 0.3 is 11.4 Å². The first-order chi connectivity index (χ1) is 14.8. The van der Waals surface area contributed by atoms with Crippen molar-refractivity contribution in [2.75, 3.05) is 0 Å². The summed E-state index contributed by atoms with van der Waals surface area (Å²) in [6, 6.07) is 1.34. The highest BCUT2D eigenvalue weighted by Gasteiger charge is 2.34. The van der Waals surface area contributed by atoms with E-state index in [-0.39, 0.29) is 18.1 Å². The second kappa shape index (κ2) is 10.1. The first kappa shape index (κ1) is 22.4. The van der Waals surface area contributed by atoms with Crippen molar-refractivity contribution < 1.29 is 19.5 Å². The molecule has 0 unspecified atom stereocenters. The fourth-order valence-electron chi connectivity index (χ4n) is 4.05. The van der Waals surface area contributed by atoms with Gasteiger partial charge in [0.2, 0.25) is 0 Å². The number of hydrogen-bond donors (Lipinski definition) is 1. The predicted octanol–water partition coefficient (Wildman–Crippen LogP) is 4.40. The lowest BCUT2D eigenvalue weighted by Crippen LogP contribution is -2.40. The van der Waals surface area contributed by atoms with Crippen LogP contribution in [-0.4, -0.2) is 32.9 Å². The van der Waals surface area contributed by atoms with E-state index in [2.05, 4.69) is 10.3 Å². The number of benzene rings is 1. The van der Waals surface area contributed by atoms with Gasteiger partial charge in [-0.25, -0.2) is 4.99 Å². The number of amidine groups is 1. The molecule has 2 saturated carbocycles. The summed E-state index contributed by atoms with van der Waals surface area (Å²) in [5.74, 6) is -0.654. The number of nitrogens with one attached hydrogen (secondary N) is 1. The van der Waals surface area contributed by atoms with Crippen LogP contribution in [0.2, 0.25) is 0 Å². The van der Waals surface area contributed by atoms with Crippen LogP contribution < -0.4 is 10.1 Å². The van der Waals surface area contributed by atoms with Gasteiger partial charge in [-0.15, -0.1) is 0 Å². The molecule has 12 nitrogen and oxygen atoms in total. The number of ether oxygens (including phenoxy) is 1. The summed E-state index contributed by atoms with van der Waals surface area (Å²) in [5.41, 5.74) is -2.44. The molecule has 12 heteroatoms. The summed E-state index contributed by atoms with van der Waals surface area (Å²) in [6.45, 7) is 0. The highest BCUT2D eigenvalue weighted by atomic mass is 16.6. The van der Waals surface area contributed by atoms with Gasteiger partial charge in [0.05, 0.1) is 32.9 Å². The Kier molecular flexibility index (Phi) is 7.32. The third kappa shape index (κ3) is 5.86. The maximum Gasteiger partial charge on any atom is 0.325 e. The van der Waals surface area contributed by atoms with Gasteiger partial charge in [0.25, 0.3) is 17.5 Å². The molecule has 0 saturated heterocycles. The van der Waals surface area contributed by atoms with E-state index in [9.17, 15) is 30.3 Å². The van der Waals surface area contributed by atoms with Crippen LogP contribution in [0.4, 0.5) is 17.1 Å². The number of rotatable bonds is 6. The summed E-state index contributed by atoms with van der Waals surface area (Å²) < 4.78 is 5.67. The van der Waals surface area contributed by atoms with Crippen LogP contribution in [0, 0.1) is 30.3 Å². The third-order valence-electron chi connectivity index (χ3n) is 5.64. The van der Waals surface area contributed by atoms with Gasteiger partial charge in [0.15, 0.2) is 0 Å². The fraction of sp³-hybridized carbons (Fsp3) is 0.632. The summed E-state index contributed by atoms with van der Waals surface area (Å²) in [7, 11) is 0. The van der Waals surface area contributed by atoms with Crippen LogP contribution in [0.25, 0.3) is 0 Å². The summed E-state index contributed by atoms with van der Waals surface area (Å²) >= 11 is 0. The van der Waals surface area contributed by atoms with Crippen LogP contribution in [0.5, 0.6) is 5.75 Å². The van der Waals surface area contributed by atoms with Crippen LogP contribution in [-0.2, 0) is 0 Å². The SMILES string of the molecule is O=[N+]([O-])c1cc([N+](=O)[O-])c(OC(=NC2CCCCC2)NC2CCCCC2)c([N+](=O)[O-])c1. The highest BCUT2D eigenvalue weighted by Crippen LogP contribution is 2.40. The monoisotopic (exact) mass is 435 g/mol. The number of hydrogen-bond acceptors (Lipinski definition) is 8. The standard InChI is InChI=1S/C19H25N5O7/c25-22(26)15-11-16(23(27)28)18(17(12-15)24(29)30)31-19(20-13-7-3-1-4-8-13)21-14-9-5-2-6-10-14/h11-14H,1-10H2,(H,20,21). The molecule has 168 valence electrons.